The number of benzene rings is 1. The van der Waals surface area contributed by atoms with E-state index < -0.39 is 68.7 Å². The van der Waals surface area contributed by atoms with E-state index in [4.69, 9.17) is 10.5 Å². The zero-order valence-corrected chi connectivity index (χ0v) is 33.5. The predicted molar refractivity (Wildman–Crippen MR) is 205 cm³/mol. The van der Waals surface area contributed by atoms with Gasteiger partial charge in [-0.15, -0.1) is 5.10 Å². The molecule has 0 radical (unpaired) electrons. The Morgan fingerprint density at radius 1 is 1.05 bits per heavy atom. The van der Waals surface area contributed by atoms with E-state index in [9.17, 15) is 37.5 Å². The number of morpholine rings is 1. The van der Waals surface area contributed by atoms with E-state index in [1.807, 2.05) is 0 Å². The summed E-state index contributed by atoms with van der Waals surface area (Å²) >= 11 is 1.59. The van der Waals surface area contributed by atoms with Crippen LogP contribution in [0.2, 0.25) is 0 Å². The van der Waals surface area contributed by atoms with Crippen LogP contribution in [0.5, 0.6) is 0 Å². The van der Waals surface area contributed by atoms with Crippen LogP contribution in [0.4, 0.5) is 0 Å². The molecule has 56 heavy (non-hydrogen) atoms. The lowest BCUT2D eigenvalue weighted by atomic mass is 9.84. The van der Waals surface area contributed by atoms with E-state index >= 15 is 0 Å². The molecule has 3 aliphatic heterocycles. The standard InChI is InChI=1S/C37H52N8O9S2/c1-36(2,51)30-22-39-42-45(30)26-21-29(34(49)41-37(31(46)32(38)47)12-18-55-19-13-37)44(23-26)35(50)28(20-24-6-4-3-5-7-24)40-33(48)25-8-10-27(11-9-25)56(52,53)43-14-16-54-17-15-43/h8-11,22,24,26,28-29,51H,3-7,12-21,23H2,1-2H3,(H2,38,47)(H,40,48)(H,41,49)/t26-,28?,29-/m0/s1. The number of Topliss-reactive ketones (excluding diaryl/α,β-unsaturated/α-hetero) is 1. The molecule has 4 amide bonds. The molecule has 0 spiro atoms. The molecular weight excluding hydrogens is 765 g/mol. The highest BCUT2D eigenvalue weighted by Gasteiger charge is 2.49. The van der Waals surface area contributed by atoms with Gasteiger partial charge in [0.25, 0.3) is 11.8 Å². The number of carbonyl (C=O) groups excluding carboxylic acids is 5. The molecule has 4 aliphatic rings. The minimum absolute atomic E-state index is 0.0267. The van der Waals surface area contributed by atoms with E-state index in [-0.39, 0.29) is 55.3 Å². The van der Waals surface area contributed by atoms with E-state index in [0.29, 0.717) is 36.8 Å². The molecule has 6 rings (SSSR count). The first-order chi connectivity index (χ1) is 26.6. The van der Waals surface area contributed by atoms with Crippen LogP contribution < -0.4 is 16.4 Å². The average Bonchev–Trinajstić information content (AvgIpc) is 3.87. The van der Waals surface area contributed by atoms with Crippen LogP contribution in [0.15, 0.2) is 35.4 Å². The SMILES string of the molecule is CC(C)(O)c1cnnn1[C@H]1C[C@@H](C(=O)NC2(C(=O)C(N)=O)CCSCC2)N(C(=O)C(CC2CCCCC2)NC(=O)c2ccc(S(=O)(=O)N3CCOCC3)cc2)C1. The Labute approximate surface area is 330 Å². The number of sulfonamides is 1. The van der Waals surface area contributed by atoms with E-state index in [1.165, 1.54) is 44.3 Å². The number of nitrogens with one attached hydrogen (secondary N) is 2. The minimum Gasteiger partial charge on any atom is -0.384 e. The number of hydrogen-bond acceptors (Lipinski definition) is 12. The third kappa shape index (κ3) is 9.11. The fraction of sp³-hybridized carbons (Fsp3) is 0.649. The summed E-state index contributed by atoms with van der Waals surface area (Å²) < 4.78 is 34.5. The first-order valence-electron chi connectivity index (χ1n) is 19.3. The van der Waals surface area contributed by atoms with Crippen LogP contribution in [0.25, 0.3) is 0 Å². The zero-order valence-electron chi connectivity index (χ0n) is 31.9. The van der Waals surface area contributed by atoms with Gasteiger partial charge in [0.05, 0.1) is 36.0 Å². The van der Waals surface area contributed by atoms with Crippen molar-refractivity contribution < 1.29 is 42.2 Å². The van der Waals surface area contributed by atoms with E-state index in [2.05, 4.69) is 20.9 Å². The summed E-state index contributed by atoms with van der Waals surface area (Å²) in [6.45, 7) is 4.16. The van der Waals surface area contributed by atoms with Crippen molar-refractivity contribution in [2.24, 2.45) is 11.7 Å². The van der Waals surface area contributed by atoms with Crippen molar-refractivity contribution in [2.45, 2.75) is 106 Å². The smallest absolute Gasteiger partial charge is 0.287 e. The highest BCUT2D eigenvalue weighted by atomic mass is 32.2. The molecule has 3 saturated heterocycles. The highest BCUT2D eigenvalue weighted by Crippen LogP contribution is 2.35. The predicted octanol–water partition coefficient (Wildman–Crippen LogP) is 0.874. The van der Waals surface area contributed by atoms with Crippen molar-refractivity contribution in [3.05, 3.63) is 41.7 Å². The number of carbonyl (C=O) groups is 5. The Kier molecular flexibility index (Phi) is 12.9. The minimum atomic E-state index is -3.80. The molecule has 5 N–H and O–H groups in total. The molecule has 1 unspecified atom stereocenters. The van der Waals surface area contributed by atoms with Gasteiger partial charge in [0, 0.05) is 31.6 Å². The first kappa shape index (κ1) is 41.7. The number of hydrogen-bond donors (Lipinski definition) is 4. The van der Waals surface area contributed by atoms with Crippen molar-refractivity contribution in [3.8, 4) is 0 Å². The molecule has 3 atom stereocenters. The second kappa shape index (κ2) is 17.3. The number of primary amides is 1. The van der Waals surface area contributed by atoms with E-state index in [1.54, 1.807) is 25.6 Å². The summed E-state index contributed by atoms with van der Waals surface area (Å²) in [7, 11) is -3.80. The molecule has 1 aliphatic carbocycles. The van der Waals surface area contributed by atoms with Crippen LogP contribution in [0.3, 0.4) is 0 Å². The van der Waals surface area contributed by atoms with Gasteiger partial charge in [-0.1, -0.05) is 37.3 Å². The van der Waals surface area contributed by atoms with Gasteiger partial charge in [0.1, 0.15) is 23.2 Å². The van der Waals surface area contributed by atoms with Crippen LogP contribution in [-0.4, -0.2) is 129 Å². The monoisotopic (exact) mass is 816 g/mol. The number of amides is 4. The molecule has 1 aromatic heterocycles. The quantitative estimate of drug-likeness (QED) is 0.206. The molecule has 1 saturated carbocycles. The van der Waals surface area contributed by atoms with Gasteiger partial charge in [-0.2, -0.15) is 16.1 Å². The number of rotatable bonds is 13. The van der Waals surface area contributed by atoms with Gasteiger partial charge < -0.3 is 31.1 Å². The fourth-order valence-electron chi connectivity index (χ4n) is 8.25. The van der Waals surface area contributed by atoms with Crippen LogP contribution in [0, 0.1) is 5.92 Å². The van der Waals surface area contributed by atoms with Gasteiger partial charge >= 0.3 is 0 Å². The molecule has 0 bridgehead atoms. The van der Waals surface area contributed by atoms with Crippen LogP contribution in [0.1, 0.15) is 93.7 Å². The molecule has 4 heterocycles. The number of nitrogens with zero attached hydrogens (tertiary/aromatic N) is 5. The molecular formula is C37H52N8O9S2. The lowest BCUT2D eigenvalue weighted by Crippen LogP contribution is -2.63. The van der Waals surface area contributed by atoms with Crippen LogP contribution in [-0.2, 0) is 39.5 Å². The third-order valence-electron chi connectivity index (χ3n) is 11.4. The number of thioether (sulfide) groups is 1. The fourth-order valence-corrected chi connectivity index (χ4v) is 10.8. The van der Waals surface area contributed by atoms with Crippen molar-refractivity contribution >= 4 is 51.2 Å². The van der Waals surface area contributed by atoms with Crippen molar-refractivity contribution in [2.75, 3.05) is 44.4 Å². The molecule has 4 fully saturated rings. The second-order valence-electron chi connectivity index (χ2n) is 15.7. The summed E-state index contributed by atoms with van der Waals surface area (Å²) in [5, 5.41) is 24.9. The van der Waals surface area contributed by atoms with Gasteiger partial charge in [0.2, 0.25) is 27.6 Å². The molecule has 2 aromatic rings. The molecule has 17 nitrogen and oxygen atoms in total. The Morgan fingerprint density at radius 2 is 1.71 bits per heavy atom. The Hall–Kier alpha value is -3.91. The van der Waals surface area contributed by atoms with Gasteiger partial charge in [0.15, 0.2) is 0 Å². The second-order valence-corrected chi connectivity index (χ2v) is 18.9. The number of aliphatic hydroxyl groups is 1. The lowest BCUT2D eigenvalue weighted by molar-refractivity contribution is -0.145. The number of likely N-dealkylation sites (tertiary alicyclic amines) is 1. The lowest BCUT2D eigenvalue weighted by Gasteiger charge is -2.37. The van der Waals surface area contributed by atoms with Crippen LogP contribution >= 0.6 is 11.8 Å². The van der Waals surface area contributed by atoms with Gasteiger partial charge in [-0.05, 0) is 74.8 Å². The number of nitrogens with two attached hydrogens (primary N) is 1. The zero-order chi connectivity index (χ0) is 40.3. The average molecular weight is 817 g/mol. The van der Waals surface area contributed by atoms with Gasteiger partial charge in [-0.3, -0.25) is 24.0 Å². The Morgan fingerprint density at radius 3 is 2.34 bits per heavy atom. The normalized spacial score (nSPS) is 22.9. The van der Waals surface area contributed by atoms with Crippen molar-refractivity contribution in [1.29, 1.82) is 0 Å². The Bertz CT molecular complexity index is 1880. The van der Waals surface area contributed by atoms with E-state index in [0.717, 1.165) is 32.1 Å². The molecule has 19 heteroatoms. The third-order valence-corrected chi connectivity index (χ3v) is 14.3. The maximum Gasteiger partial charge on any atom is 0.287 e. The number of ether oxygens (including phenoxy) is 1. The van der Waals surface area contributed by atoms with Crippen molar-refractivity contribution in [3.63, 3.8) is 0 Å². The summed E-state index contributed by atoms with van der Waals surface area (Å²) in [6, 6.07) is 2.74. The van der Waals surface area contributed by atoms with Gasteiger partial charge in [-0.25, -0.2) is 13.1 Å². The molecule has 306 valence electrons. The Balaban J connectivity index is 1.29. The largest absolute Gasteiger partial charge is 0.384 e. The maximum atomic E-state index is 14.9. The maximum absolute atomic E-state index is 14.9. The topological polar surface area (TPSA) is 236 Å². The summed E-state index contributed by atoms with van der Waals surface area (Å²) in [6.07, 6.45) is 6.92. The molecule has 1 aromatic carbocycles. The highest BCUT2D eigenvalue weighted by molar-refractivity contribution is 7.99. The number of aromatic nitrogens is 3. The summed E-state index contributed by atoms with van der Waals surface area (Å²) in [4.78, 5) is 70.0. The summed E-state index contributed by atoms with van der Waals surface area (Å²) in [5.41, 5.74) is 3.10. The first-order valence-corrected chi connectivity index (χ1v) is 21.9. The van der Waals surface area contributed by atoms with Crippen molar-refractivity contribution in [1.82, 2.24) is 34.8 Å². The summed E-state index contributed by atoms with van der Waals surface area (Å²) in [5.74, 6) is -2.66. The number of ketones is 1.